The Morgan fingerprint density at radius 1 is 1.08 bits per heavy atom. The summed E-state index contributed by atoms with van der Waals surface area (Å²) < 4.78 is 23.3. The summed E-state index contributed by atoms with van der Waals surface area (Å²) in [6.07, 6.45) is 3.38. The van der Waals surface area contributed by atoms with E-state index in [-0.39, 0.29) is 10.5 Å². The number of anilines is 1. The van der Waals surface area contributed by atoms with E-state index in [2.05, 4.69) is 10.3 Å². The molecule has 0 aliphatic heterocycles. The van der Waals surface area contributed by atoms with Gasteiger partial charge < -0.3 is 5.32 Å². The van der Waals surface area contributed by atoms with Gasteiger partial charge in [0.25, 0.3) is 5.91 Å². The number of aromatic nitrogens is 1. The predicted octanol–water partition coefficient (Wildman–Crippen LogP) is 2.96. The van der Waals surface area contributed by atoms with Crippen LogP contribution in [0.15, 0.2) is 71.9 Å². The normalized spacial score (nSPS) is 11.2. The van der Waals surface area contributed by atoms with Gasteiger partial charge in [-0.1, -0.05) is 30.3 Å². The molecule has 0 atom stereocenters. The Kier molecular flexibility index (Phi) is 4.83. The fraction of sp³-hybridized carbons (Fsp3) is 0.0526. The van der Waals surface area contributed by atoms with Crippen molar-refractivity contribution in [3.8, 4) is 11.1 Å². The summed E-state index contributed by atoms with van der Waals surface area (Å²) in [6.45, 7) is 1.62. The molecule has 0 spiro atoms. The molecule has 0 unspecified atom stereocenters. The minimum absolute atomic E-state index is 0.0642. The van der Waals surface area contributed by atoms with Crippen LogP contribution < -0.4 is 10.5 Å². The van der Waals surface area contributed by atoms with Crippen LogP contribution >= 0.6 is 0 Å². The van der Waals surface area contributed by atoms with Crippen molar-refractivity contribution in [3.63, 3.8) is 0 Å². The van der Waals surface area contributed by atoms with Crippen molar-refractivity contribution >= 4 is 21.6 Å². The van der Waals surface area contributed by atoms with Gasteiger partial charge in [-0.3, -0.25) is 9.78 Å². The zero-order chi connectivity index (χ0) is 18.7. The molecule has 7 heteroatoms. The van der Waals surface area contributed by atoms with Crippen molar-refractivity contribution in [1.82, 2.24) is 4.98 Å². The van der Waals surface area contributed by atoms with Gasteiger partial charge in [0.2, 0.25) is 10.0 Å². The fourth-order valence-electron chi connectivity index (χ4n) is 2.61. The fourth-order valence-corrected chi connectivity index (χ4v) is 3.42. The van der Waals surface area contributed by atoms with Gasteiger partial charge in [-0.05, 0) is 36.8 Å². The number of nitrogens with one attached hydrogen (secondary N) is 1. The average Bonchev–Trinajstić information content (AvgIpc) is 2.62. The third kappa shape index (κ3) is 3.79. The lowest BCUT2D eigenvalue weighted by Gasteiger charge is -2.12. The van der Waals surface area contributed by atoms with Crippen LogP contribution in [0.5, 0.6) is 0 Å². The monoisotopic (exact) mass is 367 g/mol. The molecular formula is C19H17N3O3S. The lowest BCUT2D eigenvalue weighted by Crippen LogP contribution is -2.17. The van der Waals surface area contributed by atoms with Crippen LogP contribution in [0.3, 0.4) is 0 Å². The quantitative estimate of drug-likeness (QED) is 0.740. The molecule has 3 aromatic rings. The van der Waals surface area contributed by atoms with Crippen LogP contribution in [-0.4, -0.2) is 19.3 Å². The highest BCUT2D eigenvalue weighted by Gasteiger charge is 2.16. The lowest BCUT2D eigenvalue weighted by atomic mass is 10.1. The molecule has 1 amide bonds. The second-order valence-electron chi connectivity index (χ2n) is 5.77. The Morgan fingerprint density at radius 2 is 1.85 bits per heavy atom. The molecular weight excluding hydrogens is 350 g/mol. The molecule has 26 heavy (non-hydrogen) atoms. The van der Waals surface area contributed by atoms with Crippen molar-refractivity contribution in [1.29, 1.82) is 0 Å². The number of hydrogen-bond donors (Lipinski definition) is 2. The number of benzene rings is 2. The third-order valence-corrected chi connectivity index (χ3v) is 4.96. The van der Waals surface area contributed by atoms with Crippen molar-refractivity contribution in [2.75, 3.05) is 5.32 Å². The standard InChI is InChI=1S/C19H17N3O3S/c1-13-8-9-14(11-18(13)26(20,24)25)19(23)22-17-7-3-2-6-16(17)15-5-4-10-21-12-15/h2-12H,1H3,(H,22,23)(H2,20,24,25). The van der Waals surface area contributed by atoms with Crippen LogP contribution in [0.1, 0.15) is 15.9 Å². The first-order chi connectivity index (χ1) is 12.4. The summed E-state index contributed by atoms with van der Waals surface area (Å²) in [7, 11) is -3.90. The first kappa shape index (κ1) is 17.8. The van der Waals surface area contributed by atoms with E-state index >= 15 is 0 Å². The number of sulfonamides is 1. The molecule has 0 saturated heterocycles. The summed E-state index contributed by atoms with van der Waals surface area (Å²) in [4.78, 5) is 16.7. The largest absolute Gasteiger partial charge is 0.321 e. The van der Waals surface area contributed by atoms with E-state index in [0.29, 0.717) is 11.3 Å². The number of hydrogen-bond acceptors (Lipinski definition) is 4. The van der Waals surface area contributed by atoms with E-state index in [1.54, 1.807) is 43.6 Å². The molecule has 0 radical (unpaired) electrons. The molecule has 0 bridgehead atoms. The minimum Gasteiger partial charge on any atom is -0.321 e. The molecule has 2 aromatic carbocycles. The highest BCUT2D eigenvalue weighted by molar-refractivity contribution is 7.89. The number of para-hydroxylation sites is 1. The third-order valence-electron chi connectivity index (χ3n) is 3.90. The maximum Gasteiger partial charge on any atom is 0.255 e. The average molecular weight is 367 g/mol. The number of rotatable bonds is 4. The highest BCUT2D eigenvalue weighted by atomic mass is 32.2. The van der Waals surface area contributed by atoms with Crippen LogP contribution in [0.4, 0.5) is 5.69 Å². The molecule has 3 rings (SSSR count). The summed E-state index contributed by atoms with van der Waals surface area (Å²) in [5, 5.41) is 8.03. The van der Waals surface area contributed by atoms with E-state index in [4.69, 9.17) is 5.14 Å². The number of carbonyl (C=O) groups is 1. The van der Waals surface area contributed by atoms with E-state index in [1.807, 2.05) is 24.3 Å². The smallest absolute Gasteiger partial charge is 0.255 e. The molecule has 0 saturated carbocycles. The van der Waals surface area contributed by atoms with Gasteiger partial charge in [-0.25, -0.2) is 13.6 Å². The van der Waals surface area contributed by atoms with E-state index in [1.165, 1.54) is 6.07 Å². The van der Waals surface area contributed by atoms with Gasteiger partial charge in [0, 0.05) is 34.8 Å². The van der Waals surface area contributed by atoms with Gasteiger partial charge in [-0.2, -0.15) is 0 Å². The van der Waals surface area contributed by atoms with Crippen molar-refractivity contribution in [2.24, 2.45) is 5.14 Å². The molecule has 1 aromatic heterocycles. The number of aryl methyl sites for hydroxylation is 1. The molecule has 0 fully saturated rings. The van der Waals surface area contributed by atoms with Crippen LogP contribution in [0.2, 0.25) is 0 Å². The molecule has 0 aliphatic carbocycles. The number of nitrogens with zero attached hydrogens (tertiary/aromatic N) is 1. The maximum atomic E-state index is 12.6. The van der Waals surface area contributed by atoms with Crippen molar-refractivity contribution in [2.45, 2.75) is 11.8 Å². The lowest BCUT2D eigenvalue weighted by molar-refractivity contribution is 0.102. The molecule has 1 heterocycles. The summed E-state index contributed by atoms with van der Waals surface area (Å²) in [5.74, 6) is -0.425. The Hall–Kier alpha value is -3.03. The molecule has 6 nitrogen and oxygen atoms in total. The number of amides is 1. The van der Waals surface area contributed by atoms with Crippen LogP contribution in [-0.2, 0) is 10.0 Å². The van der Waals surface area contributed by atoms with Gasteiger partial charge >= 0.3 is 0 Å². The molecule has 3 N–H and O–H groups in total. The van der Waals surface area contributed by atoms with Gasteiger partial charge in [0.15, 0.2) is 0 Å². The first-order valence-electron chi connectivity index (χ1n) is 7.80. The second kappa shape index (κ2) is 7.07. The SMILES string of the molecule is Cc1ccc(C(=O)Nc2ccccc2-c2cccnc2)cc1S(N)(=O)=O. The number of pyridine rings is 1. The zero-order valence-electron chi connectivity index (χ0n) is 14.0. The van der Waals surface area contributed by atoms with Crippen molar-refractivity contribution < 1.29 is 13.2 Å². The zero-order valence-corrected chi connectivity index (χ0v) is 14.8. The Balaban J connectivity index is 1.95. The van der Waals surface area contributed by atoms with E-state index < -0.39 is 15.9 Å². The minimum atomic E-state index is -3.90. The van der Waals surface area contributed by atoms with Crippen LogP contribution in [0, 0.1) is 6.92 Å². The maximum absolute atomic E-state index is 12.6. The second-order valence-corrected chi connectivity index (χ2v) is 7.30. The van der Waals surface area contributed by atoms with E-state index in [9.17, 15) is 13.2 Å². The Bertz CT molecular complexity index is 1060. The van der Waals surface area contributed by atoms with Crippen LogP contribution in [0.25, 0.3) is 11.1 Å². The Morgan fingerprint density at radius 3 is 2.54 bits per heavy atom. The molecule has 0 aliphatic rings. The van der Waals surface area contributed by atoms with E-state index in [0.717, 1.165) is 11.1 Å². The summed E-state index contributed by atoms with van der Waals surface area (Å²) >= 11 is 0. The summed E-state index contributed by atoms with van der Waals surface area (Å²) in [6, 6.07) is 15.4. The van der Waals surface area contributed by atoms with Crippen molar-refractivity contribution in [3.05, 3.63) is 78.1 Å². The van der Waals surface area contributed by atoms with Gasteiger partial charge in [0.1, 0.15) is 0 Å². The molecule has 132 valence electrons. The van der Waals surface area contributed by atoms with Gasteiger partial charge in [-0.15, -0.1) is 0 Å². The summed E-state index contributed by atoms with van der Waals surface area (Å²) in [5.41, 5.74) is 2.97. The number of primary sulfonamides is 1. The topological polar surface area (TPSA) is 102 Å². The predicted molar refractivity (Wildman–Crippen MR) is 100 cm³/mol. The first-order valence-corrected chi connectivity index (χ1v) is 9.35. The Labute approximate surface area is 151 Å². The number of carbonyl (C=O) groups excluding carboxylic acids is 1. The van der Waals surface area contributed by atoms with Gasteiger partial charge in [0.05, 0.1) is 4.90 Å². The number of nitrogens with two attached hydrogens (primary N) is 1. The highest BCUT2D eigenvalue weighted by Crippen LogP contribution is 2.27.